The topological polar surface area (TPSA) is 39.1 Å². The molecule has 0 N–H and O–H groups in total. The second-order valence-electron chi connectivity index (χ2n) is 3.56. The molecule has 1 heterocycles. The van der Waals surface area contributed by atoms with Crippen molar-refractivity contribution in [3.05, 3.63) is 70.1 Å². The summed E-state index contributed by atoms with van der Waals surface area (Å²) in [5, 5.41) is 0. The Hall–Kier alpha value is -2.16. The molecule has 1 aromatic heterocycles. The lowest BCUT2D eigenvalue weighted by Crippen LogP contribution is -2.17. The molecular weight excluding hydrogens is 202 g/mol. The Kier molecular flexibility index (Phi) is 2.68. The van der Waals surface area contributed by atoms with E-state index in [4.69, 9.17) is 0 Å². The van der Waals surface area contributed by atoms with Crippen LogP contribution in [0.25, 0.3) is 0 Å². The number of rotatable bonds is 2. The Labute approximate surface area is 93.0 Å². The normalized spacial score (nSPS) is 10.1. The highest BCUT2D eigenvalue weighted by molar-refractivity contribution is 6.08. The summed E-state index contributed by atoms with van der Waals surface area (Å²) in [6.07, 6.45) is 1.60. The molecule has 0 saturated carbocycles. The standard InChI is InChI=1S/C13H11NO2/c1-14-8-7-11(9-12(14)15)13(16)10-5-3-2-4-6-10/h2-9H,1H3. The van der Waals surface area contributed by atoms with Crippen molar-refractivity contribution in [2.45, 2.75) is 0 Å². The summed E-state index contributed by atoms with van der Waals surface area (Å²) in [4.78, 5) is 23.3. The van der Waals surface area contributed by atoms with Crippen molar-refractivity contribution in [3.63, 3.8) is 0 Å². The minimum absolute atomic E-state index is 0.127. The first-order valence-corrected chi connectivity index (χ1v) is 4.95. The Balaban J connectivity index is 2.43. The lowest BCUT2D eigenvalue weighted by molar-refractivity contribution is 0.103. The van der Waals surface area contributed by atoms with E-state index in [-0.39, 0.29) is 11.3 Å². The number of hydrogen-bond acceptors (Lipinski definition) is 2. The molecule has 0 saturated heterocycles. The Morgan fingerprint density at radius 2 is 1.75 bits per heavy atom. The van der Waals surface area contributed by atoms with Gasteiger partial charge in [0, 0.05) is 30.4 Å². The van der Waals surface area contributed by atoms with E-state index in [1.165, 1.54) is 10.6 Å². The molecule has 0 aliphatic carbocycles. The van der Waals surface area contributed by atoms with E-state index < -0.39 is 0 Å². The Morgan fingerprint density at radius 3 is 2.38 bits per heavy atom. The summed E-state index contributed by atoms with van der Waals surface area (Å²) in [6, 6.07) is 11.9. The molecule has 0 aliphatic heterocycles. The molecule has 0 aliphatic rings. The molecule has 0 atom stereocenters. The van der Waals surface area contributed by atoms with Gasteiger partial charge in [-0.1, -0.05) is 30.3 Å². The molecule has 0 unspecified atom stereocenters. The number of ketones is 1. The van der Waals surface area contributed by atoms with E-state index in [9.17, 15) is 9.59 Å². The van der Waals surface area contributed by atoms with Crippen LogP contribution in [0.4, 0.5) is 0 Å². The van der Waals surface area contributed by atoms with Gasteiger partial charge in [-0.05, 0) is 6.07 Å². The zero-order valence-corrected chi connectivity index (χ0v) is 8.88. The minimum atomic E-state index is -0.179. The van der Waals surface area contributed by atoms with Gasteiger partial charge in [-0.3, -0.25) is 9.59 Å². The summed E-state index contributed by atoms with van der Waals surface area (Å²) < 4.78 is 1.43. The third-order valence-electron chi connectivity index (χ3n) is 2.40. The van der Waals surface area contributed by atoms with Gasteiger partial charge in [0.25, 0.3) is 5.56 Å². The summed E-state index contributed by atoms with van der Waals surface area (Å²) in [6.45, 7) is 0. The van der Waals surface area contributed by atoms with E-state index in [0.29, 0.717) is 11.1 Å². The number of nitrogens with zero attached hydrogens (tertiary/aromatic N) is 1. The van der Waals surface area contributed by atoms with Crippen molar-refractivity contribution in [1.82, 2.24) is 4.57 Å². The van der Waals surface area contributed by atoms with Gasteiger partial charge in [0.2, 0.25) is 0 Å². The summed E-state index contributed by atoms with van der Waals surface area (Å²) in [5.41, 5.74) is 0.840. The predicted molar refractivity (Wildman–Crippen MR) is 61.6 cm³/mol. The molecule has 0 bridgehead atoms. The first-order valence-electron chi connectivity index (χ1n) is 4.95. The highest BCUT2D eigenvalue weighted by Crippen LogP contribution is 2.07. The quantitative estimate of drug-likeness (QED) is 0.711. The maximum Gasteiger partial charge on any atom is 0.250 e. The van der Waals surface area contributed by atoms with E-state index >= 15 is 0 Å². The largest absolute Gasteiger partial charge is 0.319 e. The van der Waals surface area contributed by atoms with E-state index in [1.54, 1.807) is 43.6 Å². The Bertz CT molecular complexity index is 570. The van der Waals surface area contributed by atoms with E-state index in [0.717, 1.165) is 0 Å². The summed E-state index contributed by atoms with van der Waals surface area (Å²) in [7, 11) is 1.65. The molecule has 0 fully saturated rings. The van der Waals surface area contributed by atoms with Crippen molar-refractivity contribution in [1.29, 1.82) is 0 Å². The van der Waals surface area contributed by atoms with Gasteiger partial charge in [-0.2, -0.15) is 0 Å². The fourth-order valence-corrected chi connectivity index (χ4v) is 1.45. The number of carbonyl (C=O) groups excluding carboxylic acids is 1. The first kappa shape index (κ1) is 10.4. The van der Waals surface area contributed by atoms with Gasteiger partial charge in [0.15, 0.2) is 5.78 Å². The van der Waals surface area contributed by atoms with Crippen LogP contribution in [0.1, 0.15) is 15.9 Å². The number of benzene rings is 1. The van der Waals surface area contributed by atoms with Crippen LogP contribution in [0, 0.1) is 0 Å². The Morgan fingerprint density at radius 1 is 1.06 bits per heavy atom. The molecule has 3 nitrogen and oxygen atoms in total. The molecule has 16 heavy (non-hydrogen) atoms. The van der Waals surface area contributed by atoms with Gasteiger partial charge in [0.05, 0.1) is 0 Å². The average molecular weight is 213 g/mol. The number of aromatic nitrogens is 1. The minimum Gasteiger partial charge on any atom is -0.319 e. The molecule has 0 spiro atoms. The van der Waals surface area contributed by atoms with Crippen molar-refractivity contribution in [3.8, 4) is 0 Å². The van der Waals surface area contributed by atoms with E-state index in [2.05, 4.69) is 0 Å². The van der Waals surface area contributed by atoms with Crippen LogP contribution in [0.2, 0.25) is 0 Å². The number of pyridine rings is 1. The highest BCUT2D eigenvalue weighted by Gasteiger charge is 2.08. The average Bonchev–Trinajstić information content (AvgIpc) is 2.33. The zero-order valence-electron chi connectivity index (χ0n) is 8.88. The van der Waals surface area contributed by atoms with Gasteiger partial charge in [0.1, 0.15) is 0 Å². The molecule has 80 valence electrons. The second kappa shape index (κ2) is 4.14. The maximum absolute atomic E-state index is 12.0. The number of hydrogen-bond donors (Lipinski definition) is 0. The van der Waals surface area contributed by atoms with Gasteiger partial charge in [-0.15, -0.1) is 0 Å². The van der Waals surface area contributed by atoms with E-state index in [1.807, 2.05) is 6.07 Å². The van der Waals surface area contributed by atoms with Crippen LogP contribution in [0.5, 0.6) is 0 Å². The molecule has 2 aromatic rings. The maximum atomic E-state index is 12.0. The summed E-state index contributed by atoms with van der Waals surface area (Å²) in [5.74, 6) is -0.127. The third-order valence-corrected chi connectivity index (χ3v) is 2.40. The van der Waals surface area contributed by atoms with Crippen molar-refractivity contribution >= 4 is 5.78 Å². The monoisotopic (exact) mass is 213 g/mol. The molecular formula is C13H11NO2. The first-order chi connectivity index (χ1) is 7.68. The molecule has 2 rings (SSSR count). The van der Waals surface area contributed by atoms with Crippen LogP contribution in [0.3, 0.4) is 0 Å². The SMILES string of the molecule is Cn1ccc(C(=O)c2ccccc2)cc1=O. The van der Waals surface area contributed by atoms with Gasteiger partial charge < -0.3 is 4.57 Å². The van der Waals surface area contributed by atoms with Gasteiger partial charge in [-0.25, -0.2) is 0 Å². The molecule has 1 aromatic carbocycles. The lowest BCUT2D eigenvalue weighted by atomic mass is 10.0. The van der Waals surface area contributed by atoms with Gasteiger partial charge >= 0.3 is 0 Å². The zero-order chi connectivity index (χ0) is 11.5. The van der Waals surface area contributed by atoms with Crippen LogP contribution in [-0.4, -0.2) is 10.4 Å². The van der Waals surface area contributed by atoms with Crippen molar-refractivity contribution < 1.29 is 4.79 Å². The predicted octanol–water partition coefficient (Wildman–Crippen LogP) is 1.62. The fourth-order valence-electron chi connectivity index (χ4n) is 1.45. The number of aryl methyl sites for hydroxylation is 1. The van der Waals surface area contributed by atoms with Crippen molar-refractivity contribution in [2.24, 2.45) is 7.05 Å². The molecule has 3 heteroatoms. The number of carbonyl (C=O) groups is 1. The lowest BCUT2D eigenvalue weighted by Gasteiger charge is -2.01. The third kappa shape index (κ3) is 1.93. The summed E-state index contributed by atoms with van der Waals surface area (Å²) >= 11 is 0. The fraction of sp³-hybridized carbons (Fsp3) is 0.0769. The van der Waals surface area contributed by atoms with Crippen LogP contribution < -0.4 is 5.56 Å². The smallest absolute Gasteiger partial charge is 0.250 e. The molecule has 0 amide bonds. The van der Waals surface area contributed by atoms with Crippen molar-refractivity contribution in [2.75, 3.05) is 0 Å². The molecule has 0 radical (unpaired) electrons. The van der Waals surface area contributed by atoms with Crippen LogP contribution in [-0.2, 0) is 7.05 Å². The van der Waals surface area contributed by atoms with Crippen LogP contribution >= 0.6 is 0 Å². The highest BCUT2D eigenvalue weighted by atomic mass is 16.1. The van der Waals surface area contributed by atoms with Crippen LogP contribution in [0.15, 0.2) is 53.5 Å². The second-order valence-corrected chi connectivity index (χ2v) is 3.56.